The molecule has 5 nitrogen and oxygen atoms in total. The molecule has 1 fully saturated rings. The first kappa shape index (κ1) is 19.9. The van der Waals surface area contributed by atoms with Gasteiger partial charge >= 0.3 is 0 Å². The van der Waals surface area contributed by atoms with Crippen molar-refractivity contribution in [1.29, 1.82) is 0 Å². The van der Waals surface area contributed by atoms with Crippen LogP contribution in [0.25, 0.3) is 0 Å². The maximum atomic E-state index is 12.9. The van der Waals surface area contributed by atoms with Crippen LogP contribution in [0.4, 0.5) is 11.4 Å². The number of para-hydroxylation sites is 1. The maximum Gasteiger partial charge on any atom is 0.229 e. The van der Waals surface area contributed by atoms with Crippen LogP contribution in [0.1, 0.15) is 22.3 Å². The second-order valence-electron chi connectivity index (χ2n) is 7.12. The number of hydrogen-bond donors (Lipinski definition) is 1. The van der Waals surface area contributed by atoms with Gasteiger partial charge in [-0.2, -0.15) is 0 Å². The largest absolute Gasteiger partial charge is 0.325 e. The van der Waals surface area contributed by atoms with E-state index < -0.39 is 5.92 Å². The van der Waals surface area contributed by atoms with Crippen LogP contribution in [0.5, 0.6) is 0 Å². The third kappa shape index (κ3) is 4.11. The first-order chi connectivity index (χ1) is 14.5. The van der Waals surface area contributed by atoms with E-state index >= 15 is 0 Å². The number of halogens is 1. The molecule has 1 atom stereocenters. The van der Waals surface area contributed by atoms with Gasteiger partial charge in [0.2, 0.25) is 11.8 Å². The second-order valence-corrected chi connectivity index (χ2v) is 7.55. The molecule has 0 saturated carbocycles. The Hall–Kier alpha value is -3.44. The molecular formula is C24H19ClN2O3. The van der Waals surface area contributed by atoms with Crippen LogP contribution in [0.3, 0.4) is 0 Å². The van der Waals surface area contributed by atoms with Gasteiger partial charge in [0.25, 0.3) is 0 Å². The first-order valence-electron chi connectivity index (χ1n) is 9.58. The second kappa shape index (κ2) is 8.51. The number of carbonyl (C=O) groups excluding carboxylic acids is 3. The highest BCUT2D eigenvalue weighted by Gasteiger charge is 2.35. The van der Waals surface area contributed by atoms with Crippen molar-refractivity contribution >= 4 is 40.6 Å². The van der Waals surface area contributed by atoms with Gasteiger partial charge in [-0.05, 0) is 30.3 Å². The van der Waals surface area contributed by atoms with Crippen molar-refractivity contribution in [3.63, 3.8) is 0 Å². The van der Waals surface area contributed by atoms with E-state index in [2.05, 4.69) is 5.32 Å². The molecule has 1 aliphatic rings. The SMILES string of the molecule is O=C(c1ccccc1)c1cc(Cl)ccc1NC(=O)[C@@H]1CC(=O)N(c2ccccc2)C1. The Morgan fingerprint density at radius 1 is 0.933 bits per heavy atom. The molecule has 1 N–H and O–H groups in total. The number of anilines is 2. The zero-order valence-corrected chi connectivity index (χ0v) is 16.8. The number of ketones is 1. The van der Waals surface area contributed by atoms with E-state index in [0.717, 1.165) is 5.69 Å². The molecule has 2 amide bonds. The average molecular weight is 419 g/mol. The first-order valence-corrected chi connectivity index (χ1v) is 9.96. The lowest BCUT2D eigenvalue weighted by Crippen LogP contribution is -2.28. The Bertz CT molecular complexity index is 1100. The molecule has 4 rings (SSSR count). The minimum atomic E-state index is -0.506. The molecular weight excluding hydrogens is 400 g/mol. The van der Waals surface area contributed by atoms with Crippen LogP contribution in [0.2, 0.25) is 5.02 Å². The number of amides is 2. The molecule has 3 aromatic carbocycles. The number of rotatable bonds is 5. The lowest BCUT2D eigenvalue weighted by molar-refractivity contribution is -0.122. The monoisotopic (exact) mass is 418 g/mol. The number of hydrogen-bond acceptors (Lipinski definition) is 3. The summed E-state index contributed by atoms with van der Waals surface area (Å²) in [6.45, 7) is 0.296. The summed E-state index contributed by atoms with van der Waals surface area (Å²) in [6, 6.07) is 22.8. The zero-order chi connectivity index (χ0) is 21.1. The van der Waals surface area contributed by atoms with Gasteiger partial charge < -0.3 is 10.2 Å². The molecule has 30 heavy (non-hydrogen) atoms. The summed E-state index contributed by atoms with van der Waals surface area (Å²) in [5.41, 5.74) is 1.96. The van der Waals surface area contributed by atoms with E-state index in [1.165, 1.54) is 0 Å². The zero-order valence-electron chi connectivity index (χ0n) is 16.0. The summed E-state index contributed by atoms with van der Waals surface area (Å²) >= 11 is 6.10. The molecule has 1 saturated heterocycles. The van der Waals surface area contributed by atoms with E-state index in [-0.39, 0.29) is 24.0 Å². The highest BCUT2D eigenvalue weighted by atomic mass is 35.5. The van der Waals surface area contributed by atoms with Crippen LogP contribution in [-0.4, -0.2) is 24.1 Å². The highest BCUT2D eigenvalue weighted by Crippen LogP contribution is 2.28. The molecule has 0 aliphatic carbocycles. The van der Waals surface area contributed by atoms with E-state index in [4.69, 9.17) is 11.6 Å². The topological polar surface area (TPSA) is 66.5 Å². The molecule has 0 spiro atoms. The number of nitrogens with zero attached hydrogens (tertiary/aromatic N) is 1. The fraction of sp³-hybridized carbons (Fsp3) is 0.125. The average Bonchev–Trinajstić information content (AvgIpc) is 3.17. The number of nitrogens with one attached hydrogen (secondary N) is 1. The number of benzene rings is 3. The lowest BCUT2D eigenvalue weighted by atomic mass is 10.0. The Kier molecular flexibility index (Phi) is 5.63. The Labute approximate surface area is 179 Å². The molecule has 3 aromatic rings. The third-order valence-corrected chi connectivity index (χ3v) is 5.32. The van der Waals surface area contributed by atoms with Crippen molar-refractivity contribution in [2.75, 3.05) is 16.8 Å². The summed E-state index contributed by atoms with van der Waals surface area (Å²) in [5.74, 6) is -1.14. The molecule has 0 unspecified atom stereocenters. The van der Waals surface area contributed by atoms with Crippen LogP contribution >= 0.6 is 11.6 Å². The van der Waals surface area contributed by atoms with Crippen LogP contribution < -0.4 is 10.2 Å². The van der Waals surface area contributed by atoms with Crippen LogP contribution in [0, 0.1) is 5.92 Å². The number of carbonyl (C=O) groups is 3. The van der Waals surface area contributed by atoms with Crippen LogP contribution in [0.15, 0.2) is 78.9 Å². The Morgan fingerprint density at radius 3 is 2.30 bits per heavy atom. The van der Waals surface area contributed by atoms with Crippen molar-refractivity contribution in [3.05, 3.63) is 95.0 Å². The highest BCUT2D eigenvalue weighted by molar-refractivity contribution is 6.31. The molecule has 1 aliphatic heterocycles. The van der Waals surface area contributed by atoms with E-state index in [0.29, 0.717) is 28.4 Å². The van der Waals surface area contributed by atoms with Crippen molar-refractivity contribution in [3.8, 4) is 0 Å². The van der Waals surface area contributed by atoms with Gasteiger partial charge in [0.1, 0.15) is 0 Å². The van der Waals surface area contributed by atoms with Gasteiger partial charge in [-0.3, -0.25) is 14.4 Å². The fourth-order valence-electron chi connectivity index (χ4n) is 3.53. The summed E-state index contributed by atoms with van der Waals surface area (Å²) in [4.78, 5) is 39.9. The van der Waals surface area contributed by atoms with Gasteiger partial charge in [-0.25, -0.2) is 0 Å². The third-order valence-electron chi connectivity index (χ3n) is 5.08. The molecule has 6 heteroatoms. The molecule has 0 bridgehead atoms. The predicted octanol–water partition coefficient (Wildman–Crippen LogP) is 4.56. The fourth-order valence-corrected chi connectivity index (χ4v) is 3.71. The van der Waals surface area contributed by atoms with Crippen molar-refractivity contribution in [2.24, 2.45) is 5.92 Å². The van der Waals surface area contributed by atoms with Gasteiger partial charge in [-0.1, -0.05) is 60.1 Å². The maximum absolute atomic E-state index is 12.9. The van der Waals surface area contributed by atoms with Gasteiger partial charge in [0, 0.05) is 34.8 Å². The minimum Gasteiger partial charge on any atom is -0.325 e. The van der Waals surface area contributed by atoms with Gasteiger partial charge in [0.15, 0.2) is 5.78 Å². The van der Waals surface area contributed by atoms with Crippen molar-refractivity contribution in [1.82, 2.24) is 0 Å². The molecule has 0 aromatic heterocycles. The standard InChI is InChI=1S/C24H19ClN2O3/c25-18-11-12-21(20(14-18)23(29)16-7-3-1-4-8-16)26-24(30)17-13-22(28)27(15-17)19-9-5-2-6-10-19/h1-12,14,17H,13,15H2,(H,26,30)/t17-/m1/s1. The smallest absolute Gasteiger partial charge is 0.229 e. The summed E-state index contributed by atoms with van der Waals surface area (Å²) < 4.78 is 0. The van der Waals surface area contributed by atoms with Crippen molar-refractivity contribution in [2.45, 2.75) is 6.42 Å². The molecule has 0 radical (unpaired) electrons. The summed E-state index contributed by atoms with van der Waals surface area (Å²) in [5, 5.41) is 3.23. The molecule has 1 heterocycles. The Morgan fingerprint density at radius 2 is 1.60 bits per heavy atom. The Balaban J connectivity index is 1.54. The van der Waals surface area contributed by atoms with E-state index in [1.807, 2.05) is 36.4 Å². The summed E-state index contributed by atoms with van der Waals surface area (Å²) in [6.07, 6.45) is 0.121. The normalized spacial score (nSPS) is 15.8. The van der Waals surface area contributed by atoms with Crippen molar-refractivity contribution < 1.29 is 14.4 Å². The lowest BCUT2D eigenvalue weighted by Gasteiger charge is -2.17. The van der Waals surface area contributed by atoms with E-state index in [9.17, 15) is 14.4 Å². The predicted molar refractivity (Wildman–Crippen MR) is 117 cm³/mol. The van der Waals surface area contributed by atoms with E-state index in [1.54, 1.807) is 47.4 Å². The quantitative estimate of drug-likeness (QED) is 0.617. The summed E-state index contributed by atoms with van der Waals surface area (Å²) in [7, 11) is 0. The van der Waals surface area contributed by atoms with Gasteiger partial charge in [0.05, 0.1) is 11.6 Å². The van der Waals surface area contributed by atoms with Crippen LogP contribution in [-0.2, 0) is 9.59 Å². The molecule has 150 valence electrons. The van der Waals surface area contributed by atoms with Gasteiger partial charge in [-0.15, -0.1) is 0 Å². The minimum absolute atomic E-state index is 0.0990.